The molecule has 0 fully saturated rings. The third-order valence-electron chi connectivity index (χ3n) is 4.27. The first-order valence-electron chi connectivity index (χ1n) is 7.95. The van der Waals surface area contributed by atoms with Crippen molar-refractivity contribution in [3.05, 3.63) is 47.5 Å². The van der Waals surface area contributed by atoms with Crippen molar-refractivity contribution < 1.29 is 31.1 Å². The van der Waals surface area contributed by atoms with Crippen LogP contribution >= 0.6 is 0 Å². The van der Waals surface area contributed by atoms with Gasteiger partial charge in [0.15, 0.2) is 0 Å². The third-order valence-corrected chi connectivity index (χ3v) is 6.05. The Morgan fingerprint density at radius 1 is 1.07 bits per heavy atom. The summed E-state index contributed by atoms with van der Waals surface area (Å²) in [6.45, 7) is 1.68. The molecule has 1 aliphatic rings. The molecule has 1 N–H and O–H groups in total. The van der Waals surface area contributed by atoms with E-state index in [0.717, 1.165) is 20.7 Å². The second kappa shape index (κ2) is 6.59. The Bertz CT molecular complexity index is 1050. The molecule has 1 aliphatic heterocycles. The Morgan fingerprint density at radius 3 is 2.29 bits per heavy atom. The summed E-state index contributed by atoms with van der Waals surface area (Å²) in [5, 5.41) is 2.59. The summed E-state index contributed by atoms with van der Waals surface area (Å²) < 4.78 is 67.5. The first-order valence-corrected chi connectivity index (χ1v) is 9.34. The summed E-state index contributed by atoms with van der Waals surface area (Å²) in [7, 11) is -0.865. The minimum atomic E-state index is -4.87. The molecule has 0 aliphatic carbocycles. The van der Waals surface area contributed by atoms with E-state index in [-0.39, 0.29) is 5.56 Å². The number of alkyl halides is 3. The molecule has 1 heterocycles. The highest BCUT2D eigenvalue weighted by atomic mass is 32.2. The molecule has 11 heteroatoms. The number of carbonyl (C=O) groups excluding carboxylic acids is 1. The first kappa shape index (κ1) is 19.8. The molecular formula is C17H16F3N3O4S. The zero-order chi connectivity index (χ0) is 20.9. The Labute approximate surface area is 159 Å². The van der Waals surface area contributed by atoms with Gasteiger partial charge in [0, 0.05) is 25.3 Å². The highest BCUT2D eigenvalue weighted by molar-refractivity contribution is 7.94. The van der Waals surface area contributed by atoms with E-state index in [0.29, 0.717) is 22.6 Å². The van der Waals surface area contributed by atoms with Gasteiger partial charge in [0.2, 0.25) is 0 Å². The number of hydrogen-bond acceptors (Lipinski definition) is 4. The second-order valence-corrected chi connectivity index (χ2v) is 8.12. The highest BCUT2D eigenvalue weighted by Crippen LogP contribution is 2.42. The van der Waals surface area contributed by atoms with Crippen LogP contribution in [0.4, 0.5) is 30.2 Å². The lowest BCUT2D eigenvalue weighted by Crippen LogP contribution is -2.32. The predicted octanol–water partition coefficient (Wildman–Crippen LogP) is 3.28. The minimum absolute atomic E-state index is 0.0419. The highest BCUT2D eigenvalue weighted by Gasteiger charge is 2.36. The quantitative estimate of drug-likeness (QED) is 0.835. The maximum absolute atomic E-state index is 12.5. The van der Waals surface area contributed by atoms with Gasteiger partial charge >= 0.3 is 16.6 Å². The van der Waals surface area contributed by atoms with E-state index in [1.54, 1.807) is 13.0 Å². The average Bonchev–Trinajstić information content (AvgIpc) is 2.75. The summed E-state index contributed by atoms with van der Waals surface area (Å²) in [5.74, 6) is -1.18. The maximum Gasteiger partial charge on any atom is 0.573 e. The molecule has 1 amide bonds. The molecule has 0 bridgehead atoms. The largest absolute Gasteiger partial charge is 0.573 e. The van der Waals surface area contributed by atoms with Gasteiger partial charge in [0.1, 0.15) is 5.75 Å². The molecule has 0 saturated heterocycles. The number of halogens is 3. The molecule has 0 unspecified atom stereocenters. The monoisotopic (exact) mass is 415 g/mol. The molecule has 3 rings (SSSR count). The SMILES string of the molecule is Cc1cc2c(cc1NC(=O)c1cccc(OC(F)(F)F)c1)N(C)S(=O)(=O)N2C. The van der Waals surface area contributed by atoms with Crippen molar-refractivity contribution >= 4 is 33.2 Å². The zero-order valence-electron chi connectivity index (χ0n) is 15.0. The number of carbonyl (C=O) groups is 1. The zero-order valence-corrected chi connectivity index (χ0v) is 15.9. The number of rotatable bonds is 3. The van der Waals surface area contributed by atoms with Crippen LogP contribution in [0.3, 0.4) is 0 Å². The minimum Gasteiger partial charge on any atom is -0.406 e. The van der Waals surface area contributed by atoms with Crippen LogP contribution in [0, 0.1) is 6.92 Å². The van der Waals surface area contributed by atoms with E-state index in [1.165, 1.54) is 32.3 Å². The molecule has 0 spiro atoms. The number of ether oxygens (including phenoxy) is 1. The Balaban J connectivity index is 1.89. The van der Waals surface area contributed by atoms with Crippen LogP contribution in [-0.4, -0.2) is 34.8 Å². The number of nitrogens with one attached hydrogen (secondary N) is 1. The van der Waals surface area contributed by atoms with Crippen LogP contribution in [0.1, 0.15) is 15.9 Å². The molecule has 7 nitrogen and oxygen atoms in total. The normalized spacial score (nSPS) is 15.4. The van der Waals surface area contributed by atoms with E-state index in [9.17, 15) is 26.4 Å². The molecule has 2 aromatic rings. The van der Waals surface area contributed by atoms with Gasteiger partial charge in [-0.3, -0.25) is 13.4 Å². The number of anilines is 3. The van der Waals surface area contributed by atoms with Crippen molar-refractivity contribution in [2.45, 2.75) is 13.3 Å². The van der Waals surface area contributed by atoms with Gasteiger partial charge in [-0.1, -0.05) is 6.07 Å². The number of amides is 1. The number of aryl methyl sites for hydroxylation is 1. The van der Waals surface area contributed by atoms with Crippen molar-refractivity contribution in [2.24, 2.45) is 0 Å². The van der Waals surface area contributed by atoms with Gasteiger partial charge in [0.25, 0.3) is 5.91 Å². The second-order valence-electron chi connectivity index (χ2n) is 6.13. The lowest BCUT2D eigenvalue weighted by molar-refractivity contribution is -0.274. The molecule has 2 aromatic carbocycles. The summed E-state index contributed by atoms with van der Waals surface area (Å²) in [6, 6.07) is 7.76. The van der Waals surface area contributed by atoms with Crippen LogP contribution in [0.2, 0.25) is 0 Å². The van der Waals surface area contributed by atoms with E-state index >= 15 is 0 Å². The Kier molecular flexibility index (Phi) is 4.66. The van der Waals surface area contributed by atoms with Gasteiger partial charge in [-0.25, -0.2) is 0 Å². The van der Waals surface area contributed by atoms with Crippen molar-refractivity contribution in [3.8, 4) is 5.75 Å². The van der Waals surface area contributed by atoms with Crippen molar-refractivity contribution in [1.29, 1.82) is 0 Å². The molecule has 0 aromatic heterocycles. The van der Waals surface area contributed by atoms with E-state index in [2.05, 4.69) is 10.1 Å². The first-order chi connectivity index (χ1) is 12.9. The fourth-order valence-corrected chi connectivity index (χ4v) is 3.94. The van der Waals surface area contributed by atoms with Crippen molar-refractivity contribution in [3.63, 3.8) is 0 Å². The number of fused-ring (bicyclic) bond motifs is 1. The lowest BCUT2D eigenvalue weighted by atomic mass is 10.1. The van der Waals surface area contributed by atoms with Crippen molar-refractivity contribution in [1.82, 2.24) is 0 Å². The van der Waals surface area contributed by atoms with Gasteiger partial charge < -0.3 is 10.1 Å². The van der Waals surface area contributed by atoms with Crippen LogP contribution in [0.15, 0.2) is 36.4 Å². The van der Waals surface area contributed by atoms with Crippen LogP contribution in [0.5, 0.6) is 5.75 Å². The van der Waals surface area contributed by atoms with Crippen LogP contribution < -0.4 is 18.7 Å². The van der Waals surface area contributed by atoms with E-state index in [1.807, 2.05) is 0 Å². The van der Waals surface area contributed by atoms with Gasteiger partial charge in [0.05, 0.1) is 11.4 Å². The molecule has 28 heavy (non-hydrogen) atoms. The standard InChI is InChI=1S/C17H16F3N3O4S/c1-10-7-14-15(23(3)28(25,26)22(14)2)9-13(10)21-16(24)11-5-4-6-12(8-11)27-17(18,19)20/h4-9H,1-3H3,(H,21,24). The van der Waals surface area contributed by atoms with Crippen LogP contribution in [0.25, 0.3) is 0 Å². The molecule has 150 valence electrons. The number of hydrogen-bond donors (Lipinski definition) is 1. The smallest absolute Gasteiger partial charge is 0.406 e. The summed E-state index contributed by atoms with van der Waals surface area (Å²) in [5.41, 5.74) is 1.71. The van der Waals surface area contributed by atoms with E-state index < -0.39 is 28.2 Å². The average molecular weight is 415 g/mol. The lowest BCUT2D eigenvalue weighted by Gasteiger charge is -2.14. The number of nitrogens with zero attached hydrogens (tertiary/aromatic N) is 2. The van der Waals surface area contributed by atoms with E-state index in [4.69, 9.17) is 0 Å². The predicted molar refractivity (Wildman–Crippen MR) is 98.0 cm³/mol. The Hall–Kier alpha value is -2.95. The molecule has 0 radical (unpaired) electrons. The van der Waals surface area contributed by atoms with Crippen LogP contribution in [-0.2, 0) is 10.2 Å². The Morgan fingerprint density at radius 2 is 1.68 bits per heavy atom. The van der Waals surface area contributed by atoms with Gasteiger partial charge in [-0.05, 0) is 42.8 Å². The summed E-state index contributed by atoms with van der Waals surface area (Å²) >= 11 is 0. The molecule has 0 atom stereocenters. The summed E-state index contributed by atoms with van der Waals surface area (Å²) in [4.78, 5) is 12.5. The molecule has 0 saturated carbocycles. The van der Waals surface area contributed by atoms with Gasteiger partial charge in [-0.15, -0.1) is 13.2 Å². The maximum atomic E-state index is 12.5. The fraction of sp³-hybridized carbons (Fsp3) is 0.235. The van der Waals surface area contributed by atoms with Gasteiger partial charge in [-0.2, -0.15) is 8.42 Å². The summed E-state index contributed by atoms with van der Waals surface area (Å²) in [6.07, 6.45) is -4.87. The third kappa shape index (κ3) is 3.57. The topological polar surface area (TPSA) is 79.0 Å². The fourth-order valence-electron chi connectivity index (χ4n) is 2.78. The van der Waals surface area contributed by atoms with Crippen molar-refractivity contribution in [2.75, 3.05) is 28.0 Å². The molecular weight excluding hydrogens is 399 g/mol. The number of benzene rings is 2.